The van der Waals surface area contributed by atoms with Crippen LogP contribution in [0.3, 0.4) is 0 Å². The number of rotatable bonds is 3. The maximum Gasteiger partial charge on any atom is 0.145 e. The Morgan fingerprint density at radius 3 is 1.96 bits per heavy atom. The van der Waals surface area contributed by atoms with Crippen molar-refractivity contribution in [2.75, 3.05) is 0 Å². The van der Waals surface area contributed by atoms with Crippen LogP contribution in [0.1, 0.15) is 22.3 Å². The molecule has 0 saturated carbocycles. The standard InChI is InChI=1S/C50H31N3O/c1-2-13-35(14-3-1)52-45-23-10-7-20-42(45)51-49(52)33-27-25-32(26-28-33)34-29-30-47-41(31-34)50(39-18-6-11-24-46(39)54-47)38-17-5-9-22-44(38)53-43-21-8-4-15-36(43)37-16-12-19-40(50)48(37)53/h1-31H. The van der Waals surface area contributed by atoms with Crippen LogP contribution in [0, 0.1) is 0 Å². The molecule has 252 valence electrons. The Bertz CT molecular complexity index is 3130. The van der Waals surface area contributed by atoms with Gasteiger partial charge < -0.3 is 9.30 Å². The molecule has 2 aliphatic heterocycles. The topological polar surface area (TPSA) is 32.0 Å². The van der Waals surface area contributed by atoms with Crippen molar-refractivity contribution in [3.8, 4) is 45.4 Å². The first kappa shape index (κ1) is 29.4. The van der Waals surface area contributed by atoms with E-state index in [1.165, 1.54) is 38.6 Å². The summed E-state index contributed by atoms with van der Waals surface area (Å²) in [5.41, 5.74) is 14.3. The molecule has 54 heavy (non-hydrogen) atoms. The van der Waals surface area contributed by atoms with Crippen molar-refractivity contribution in [1.82, 2.24) is 14.1 Å². The van der Waals surface area contributed by atoms with Gasteiger partial charge in [0.15, 0.2) is 0 Å². The Balaban J connectivity index is 1.08. The molecule has 1 spiro atoms. The smallest absolute Gasteiger partial charge is 0.145 e. The molecule has 4 heteroatoms. The summed E-state index contributed by atoms with van der Waals surface area (Å²) in [7, 11) is 0. The van der Waals surface area contributed by atoms with E-state index in [-0.39, 0.29) is 0 Å². The van der Waals surface area contributed by atoms with Crippen LogP contribution in [0.4, 0.5) is 0 Å². The number of hydrogen-bond acceptors (Lipinski definition) is 2. The molecule has 0 fully saturated rings. The lowest BCUT2D eigenvalue weighted by Gasteiger charge is -2.45. The molecule has 1 unspecified atom stereocenters. The van der Waals surface area contributed by atoms with E-state index in [0.29, 0.717) is 0 Å². The predicted molar refractivity (Wildman–Crippen MR) is 218 cm³/mol. The van der Waals surface area contributed by atoms with Gasteiger partial charge in [-0.15, -0.1) is 0 Å². The summed E-state index contributed by atoms with van der Waals surface area (Å²) in [4.78, 5) is 5.12. The van der Waals surface area contributed by atoms with Crippen molar-refractivity contribution in [2.45, 2.75) is 5.41 Å². The van der Waals surface area contributed by atoms with E-state index in [2.05, 4.69) is 191 Å². The van der Waals surface area contributed by atoms with E-state index in [1.807, 2.05) is 6.07 Å². The van der Waals surface area contributed by atoms with E-state index in [0.717, 1.165) is 61.9 Å². The predicted octanol–water partition coefficient (Wildman–Crippen LogP) is 12.3. The van der Waals surface area contributed by atoms with Crippen molar-refractivity contribution >= 4 is 32.8 Å². The number of nitrogens with zero attached hydrogens (tertiary/aromatic N) is 3. The second kappa shape index (κ2) is 10.9. The largest absolute Gasteiger partial charge is 0.457 e. The summed E-state index contributed by atoms with van der Waals surface area (Å²) in [6.45, 7) is 0. The van der Waals surface area contributed by atoms with E-state index in [4.69, 9.17) is 9.72 Å². The third-order valence-corrected chi connectivity index (χ3v) is 11.6. The van der Waals surface area contributed by atoms with Gasteiger partial charge in [0.1, 0.15) is 17.3 Å². The fraction of sp³-hybridized carbons (Fsp3) is 0.0200. The molecule has 0 N–H and O–H groups in total. The summed E-state index contributed by atoms with van der Waals surface area (Å²) in [6, 6.07) is 67.6. The van der Waals surface area contributed by atoms with Crippen LogP contribution in [0.15, 0.2) is 188 Å². The van der Waals surface area contributed by atoms with E-state index < -0.39 is 5.41 Å². The Morgan fingerprint density at radius 2 is 1.07 bits per heavy atom. The molecule has 4 nitrogen and oxygen atoms in total. The molecule has 10 aromatic rings. The van der Waals surface area contributed by atoms with Gasteiger partial charge in [0.25, 0.3) is 0 Å². The molecule has 0 aliphatic carbocycles. The van der Waals surface area contributed by atoms with Gasteiger partial charge in [0.05, 0.1) is 33.2 Å². The lowest BCUT2D eigenvalue weighted by Crippen LogP contribution is -2.37. The number of ether oxygens (including phenoxy) is 1. The number of aromatic nitrogens is 3. The molecule has 0 bridgehead atoms. The van der Waals surface area contributed by atoms with Crippen molar-refractivity contribution in [1.29, 1.82) is 0 Å². The fourth-order valence-corrected chi connectivity index (χ4v) is 9.37. The Labute approximate surface area is 311 Å². The van der Waals surface area contributed by atoms with Crippen LogP contribution in [0.2, 0.25) is 0 Å². The monoisotopic (exact) mass is 689 g/mol. The van der Waals surface area contributed by atoms with E-state index in [9.17, 15) is 0 Å². The first-order chi connectivity index (χ1) is 26.8. The zero-order valence-corrected chi connectivity index (χ0v) is 29.1. The normalized spacial score (nSPS) is 15.3. The number of imidazole rings is 1. The van der Waals surface area contributed by atoms with Crippen LogP contribution in [-0.2, 0) is 5.41 Å². The fourth-order valence-electron chi connectivity index (χ4n) is 9.37. The highest BCUT2D eigenvalue weighted by Gasteiger charge is 2.50. The first-order valence-electron chi connectivity index (χ1n) is 18.5. The highest BCUT2D eigenvalue weighted by atomic mass is 16.5. The number of benzene rings is 8. The summed E-state index contributed by atoms with van der Waals surface area (Å²) >= 11 is 0. The molecule has 12 rings (SSSR count). The Kier molecular flexibility index (Phi) is 5.95. The SMILES string of the molecule is c1ccc(-n2c(-c3ccc(-c4ccc5c(c4)C4(c6ccccc6O5)c5ccccc5-n5c6ccccc6c6cccc4c65)cc3)nc3ccccc32)cc1. The van der Waals surface area contributed by atoms with Gasteiger partial charge in [-0.2, -0.15) is 0 Å². The lowest BCUT2D eigenvalue weighted by atomic mass is 9.61. The second-order valence-corrected chi connectivity index (χ2v) is 14.3. The quantitative estimate of drug-likeness (QED) is 0.185. The van der Waals surface area contributed by atoms with Gasteiger partial charge in [0.2, 0.25) is 0 Å². The summed E-state index contributed by atoms with van der Waals surface area (Å²) in [5, 5.41) is 2.52. The third-order valence-electron chi connectivity index (χ3n) is 11.6. The highest BCUT2D eigenvalue weighted by Crippen LogP contribution is 2.60. The molecule has 0 radical (unpaired) electrons. The van der Waals surface area contributed by atoms with Crippen molar-refractivity contribution in [3.63, 3.8) is 0 Å². The number of hydrogen-bond donors (Lipinski definition) is 0. The van der Waals surface area contributed by atoms with Crippen LogP contribution in [0.25, 0.3) is 66.7 Å². The minimum absolute atomic E-state index is 0.610. The summed E-state index contributed by atoms with van der Waals surface area (Å²) in [6.07, 6.45) is 0. The maximum absolute atomic E-state index is 6.80. The average molecular weight is 690 g/mol. The second-order valence-electron chi connectivity index (χ2n) is 14.3. The third kappa shape index (κ3) is 3.84. The number of para-hydroxylation sites is 7. The lowest BCUT2D eigenvalue weighted by molar-refractivity contribution is 0.434. The van der Waals surface area contributed by atoms with Gasteiger partial charge in [0, 0.05) is 33.2 Å². The molecular weight excluding hydrogens is 659 g/mol. The van der Waals surface area contributed by atoms with Gasteiger partial charge in [-0.05, 0) is 76.9 Å². The van der Waals surface area contributed by atoms with Gasteiger partial charge in [-0.25, -0.2) is 4.98 Å². The van der Waals surface area contributed by atoms with Crippen molar-refractivity contribution in [3.05, 3.63) is 210 Å². The molecule has 8 aromatic carbocycles. The first-order valence-corrected chi connectivity index (χ1v) is 18.5. The van der Waals surface area contributed by atoms with Gasteiger partial charge >= 0.3 is 0 Å². The molecular formula is C50H31N3O. The van der Waals surface area contributed by atoms with Crippen LogP contribution < -0.4 is 4.74 Å². The van der Waals surface area contributed by atoms with Gasteiger partial charge in [-0.3, -0.25) is 4.57 Å². The minimum atomic E-state index is -0.610. The average Bonchev–Trinajstić information content (AvgIpc) is 3.80. The highest BCUT2D eigenvalue weighted by molar-refractivity contribution is 6.12. The summed E-state index contributed by atoms with van der Waals surface area (Å²) < 4.78 is 11.5. The molecule has 0 saturated heterocycles. The number of fused-ring (bicyclic) bond motifs is 12. The minimum Gasteiger partial charge on any atom is -0.457 e. The molecule has 0 amide bonds. The van der Waals surface area contributed by atoms with Crippen LogP contribution in [-0.4, -0.2) is 14.1 Å². The molecule has 1 atom stereocenters. The van der Waals surface area contributed by atoms with E-state index >= 15 is 0 Å². The Morgan fingerprint density at radius 1 is 0.426 bits per heavy atom. The zero-order chi connectivity index (χ0) is 35.4. The zero-order valence-electron chi connectivity index (χ0n) is 29.1. The van der Waals surface area contributed by atoms with E-state index in [1.54, 1.807) is 0 Å². The molecule has 4 heterocycles. The summed E-state index contributed by atoms with van der Waals surface area (Å²) in [5.74, 6) is 2.69. The maximum atomic E-state index is 6.80. The van der Waals surface area contributed by atoms with Crippen molar-refractivity contribution in [2.24, 2.45) is 0 Å². The van der Waals surface area contributed by atoms with Crippen LogP contribution in [0.5, 0.6) is 11.5 Å². The van der Waals surface area contributed by atoms with Crippen molar-refractivity contribution < 1.29 is 4.74 Å². The van der Waals surface area contributed by atoms with Crippen LogP contribution >= 0.6 is 0 Å². The molecule has 2 aliphatic rings. The Hall–Kier alpha value is -7.17. The molecule has 2 aromatic heterocycles. The van der Waals surface area contributed by atoms with Gasteiger partial charge in [-0.1, -0.05) is 133 Å².